The predicted molar refractivity (Wildman–Crippen MR) is 101 cm³/mol. The van der Waals surface area contributed by atoms with Crippen molar-refractivity contribution >= 4 is 33.2 Å². The standard InChI is InChI=1S/C18H19N3O5S/c1-27(24,25)21-11-10-16(26-15-9-5-4-8-14(15)21)18(23)20-13-7-3-2-6-12(13)17(19)22/h2-9,16H,10-11H2,1H3,(H2,19,22)(H,20,23)/t16-/m0/s1. The Balaban J connectivity index is 1.87. The smallest absolute Gasteiger partial charge is 0.265 e. The molecule has 0 spiro atoms. The molecule has 142 valence electrons. The van der Waals surface area contributed by atoms with Gasteiger partial charge in [-0.05, 0) is 24.3 Å². The van der Waals surface area contributed by atoms with Crippen LogP contribution in [0.1, 0.15) is 16.8 Å². The van der Waals surface area contributed by atoms with E-state index in [9.17, 15) is 18.0 Å². The van der Waals surface area contributed by atoms with E-state index in [1.165, 1.54) is 10.4 Å². The predicted octanol–water partition coefficient (Wildman–Crippen LogP) is 1.34. The molecule has 0 aliphatic carbocycles. The van der Waals surface area contributed by atoms with Crippen LogP contribution in [0.5, 0.6) is 5.75 Å². The lowest BCUT2D eigenvalue weighted by molar-refractivity contribution is -0.122. The third-order valence-corrected chi connectivity index (χ3v) is 5.32. The Morgan fingerprint density at radius 3 is 2.52 bits per heavy atom. The Morgan fingerprint density at radius 2 is 1.81 bits per heavy atom. The van der Waals surface area contributed by atoms with Crippen LogP contribution >= 0.6 is 0 Å². The summed E-state index contributed by atoms with van der Waals surface area (Å²) in [6, 6.07) is 13.0. The molecule has 2 aromatic rings. The summed E-state index contributed by atoms with van der Waals surface area (Å²) in [5.74, 6) is -0.862. The molecule has 1 aliphatic heterocycles. The lowest BCUT2D eigenvalue weighted by Crippen LogP contribution is -2.36. The first-order valence-electron chi connectivity index (χ1n) is 8.20. The molecule has 1 heterocycles. The number of hydrogen-bond acceptors (Lipinski definition) is 5. The molecular weight excluding hydrogens is 370 g/mol. The Morgan fingerprint density at radius 1 is 1.15 bits per heavy atom. The quantitative estimate of drug-likeness (QED) is 0.818. The Hall–Kier alpha value is -3.07. The first-order chi connectivity index (χ1) is 12.8. The van der Waals surface area contributed by atoms with Crippen molar-refractivity contribution in [1.29, 1.82) is 0 Å². The van der Waals surface area contributed by atoms with E-state index in [0.29, 0.717) is 11.4 Å². The second-order valence-corrected chi connectivity index (χ2v) is 8.00. The van der Waals surface area contributed by atoms with E-state index in [0.717, 1.165) is 6.26 Å². The summed E-state index contributed by atoms with van der Waals surface area (Å²) in [7, 11) is -3.53. The number of carbonyl (C=O) groups excluding carboxylic acids is 2. The molecule has 2 aromatic carbocycles. The number of para-hydroxylation sites is 3. The highest BCUT2D eigenvalue weighted by atomic mass is 32.2. The third kappa shape index (κ3) is 4.03. The Kier molecular flexibility index (Phi) is 5.04. The fraction of sp³-hybridized carbons (Fsp3) is 0.222. The van der Waals surface area contributed by atoms with Crippen LogP contribution in [-0.2, 0) is 14.8 Å². The van der Waals surface area contributed by atoms with E-state index in [4.69, 9.17) is 10.5 Å². The maximum atomic E-state index is 12.7. The summed E-state index contributed by atoms with van der Waals surface area (Å²) in [6.45, 7) is 0.0887. The van der Waals surface area contributed by atoms with E-state index in [1.54, 1.807) is 42.5 Å². The molecule has 2 amide bonds. The molecule has 0 radical (unpaired) electrons. The number of primary amides is 1. The second kappa shape index (κ2) is 7.28. The molecule has 0 bridgehead atoms. The molecule has 0 saturated heterocycles. The van der Waals surface area contributed by atoms with Gasteiger partial charge in [0.15, 0.2) is 6.10 Å². The normalized spacial score (nSPS) is 16.6. The average Bonchev–Trinajstić information content (AvgIpc) is 2.81. The first kappa shape index (κ1) is 18.7. The molecular formula is C18H19N3O5S. The summed E-state index contributed by atoms with van der Waals surface area (Å²) in [4.78, 5) is 24.2. The van der Waals surface area contributed by atoms with E-state index >= 15 is 0 Å². The van der Waals surface area contributed by atoms with Gasteiger partial charge >= 0.3 is 0 Å². The van der Waals surface area contributed by atoms with Gasteiger partial charge in [-0.2, -0.15) is 0 Å². The van der Waals surface area contributed by atoms with Crippen molar-refractivity contribution in [3.8, 4) is 5.75 Å². The molecule has 27 heavy (non-hydrogen) atoms. The summed E-state index contributed by atoms with van der Waals surface area (Å²) < 4.78 is 31.2. The second-order valence-electron chi connectivity index (χ2n) is 6.10. The van der Waals surface area contributed by atoms with E-state index < -0.39 is 27.9 Å². The molecule has 9 heteroatoms. The molecule has 3 N–H and O–H groups in total. The van der Waals surface area contributed by atoms with Crippen LogP contribution in [0, 0.1) is 0 Å². The van der Waals surface area contributed by atoms with Crippen molar-refractivity contribution in [3.63, 3.8) is 0 Å². The Bertz CT molecular complexity index is 990. The minimum Gasteiger partial charge on any atom is -0.478 e. The molecule has 0 aromatic heterocycles. The van der Waals surface area contributed by atoms with Crippen molar-refractivity contribution in [2.24, 2.45) is 5.73 Å². The van der Waals surface area contributed by atoms with Crippen LogP contribution in [0.4, 0.5) is 11.4 Å². The number of nitrogens with one attached hydrogen (secondary N) is 1. The third-order valence-electron chi connectivity index (χ3n) is 4.14. The lowest BCUT2D eigenvalue weighted by atomic mass is 10.1. The molecule has 1 aliphatic rings. The van der Waals surface area contributed by atoms with Gasteiger partial charge in [0.1, 0.15) is 5.75 Å². The van der Waals surface area contributed by atoms with Crippen LogP contribution in [-0.4, -0.2) is 39.1 Å². The molecule has 3 rings (SSSR count). The van der Waals surface area contributed by atoms with Gasteiger partial charge in [0, 0.05) is 13.0 Å². The number of nitrogens with two attached hydrogens (primary N) is 1. The summed E-state index contributed by atoms with van der Waals surface area (Å²) >= 11 is 0. The maximum absolute atomic E-state index is 12.7. The van der Waals surface area contributed by atoms with Gasteiger partial charge < -0.3 is 15.8 Å². The topological polar surface area (TPSA) is 119 Å². The summed E-state index contributed by atoms with van der Waals surface area (Å²) in [5, 5.41) is 2.64. The number of fused-ring (bicyclic) bond motifs is 1. The molecule has 1 atom stereocenters. The maximum Gasteiger partial charge on any atom is 0.265 e. The number of nitrogens with zero attached hydrogens (tertiary/aromatic N) is 1. The first-order valence-corrected chi connectivity index (χ1v) is 10.1. The van der Waals surface area contributed by atoms with E-state index in [-0.39, 0.29) is 24.2 Å². The van der Waals surface area contributed by atoms with Crippen molar-refractivity contribution in [2.45, 2.75) is 12.5 Å². The van der Waals surface area contributed by atoms with Crippen LogP contribution in [0.25, 0.3) is 0 Å². The van der Waals surface area contributed by atoms with Gasteiger partial charge in [-0.15, -0.1) is 0 Å². The van der Waals surface area contributed by atoms with E-state index in [2.05, 4.69) is 5.32 Å². The number of hydrogen-bond donors (Lipinski definition) is 2. The van der Waals surface area contributed by atoms with Gasteiger partial charge in [-0.3, -0.25) is 13.9 Å². The number of rotatable bonds is 4. The van der Waals surface area contributed by atoms with Crippen molar-refractivity contribution in [3.05, 3.63) is 54.1 Å². The molecule has 0 unspecified atom stereocenters. The Labute approximate surface area is 157 Å². The highest BCUT2D eigenvalue weighted by molar-refractivity contribution is 7.92. The zero-order valence-corrected chi connectivity index (χ0v) is 15.4. The molecule has 0 saturated carbocycles. The highest BCUT2D eigenvalue weighted by Crippen LogP contribution is 2.34. The number of ether oxygens (including phenoxy) is 1. The van der Waals surface area contributed by atoms with Crippen molar-refractivity contribution in [1.82, 2.24) is 0 Å². The van der Waals surface area contributed by atoms with Crippen LogP contribution in [0.15, 0.2) is 48.5 Å². The summed E-state index contributed by atoms with van der Waals surface area (Å²) in [5.41, 5.74) is 6.16. The SMILES string of the molecule is CS(=O)(=O)N1CC[C@@H](C(=O)Nc2ccccc2C(N)=O)Oc2ccccc21. The largest absolute Gasteiger partial charge is 0.478 e. The number of anilines is 2. The van der Waals surface area contributed by atoms with Crippen molar-refractivity contribution < 1.29 is 22.7 Å². The van der Waals surface area contributed by atoms with Crippen LogP contribution in [0.3, 0.4) is 0 Å². The minimum atomic E-state index is -3.53. The average molecular weight is 389 g/mol. The minimum absolute atomic E-state index is 0.0887. The fourth-order valence-electron chi connectivity index (χ4n) is 2.88. The number of amides is 2. The van der Waals surface area contributed by atoms with Gasteiger partial charge in [0.25, 0.3) is 11.8 Å². The zero-order chi connectivity index (χ0) is 19.6. The van der Waals surface area contributed by atoms with Crippen LogP contribution in [0.2, 0.25) is 0 Å². The van der Waals surface area contributed by atoms with Gasteiger partial charge in [0.2, 0.25) is 10.0 Å². The number of benzene rings is 2. The van der Waals surface area contributed by atoms with E-state index in [1.807, 2.05) is 0 Å². The van der Waals surface area contributed by atoms with Crippen LogP contribution < -0.4 is 20.1 Å². The van der Waals surface area contributed by atoms with Gasteiger partial charge in [0.05, 0.1) is 23.2 Å². The van der Waals surface area contributed by atoms with Gasteiger partial charge in [-0.1, -0.05) is 24.3 Å². The molecule has 0 fully saturated rings. The monoisotopic (exact) mass is 389 g/mol. The lowest BCUT2D eigenvalue weighted by Gasteiger charge is -2.20. The number of carbonyl (C=O) groups is 2. The number of sulfonamides is 1. The molecule has 8 nitrogen and oxygen atoms in total. The summed E-state index contributed by atoms with van der Waals surface area (Å²) in [6.07, 6.45) is 0.318. The highest BCUT2D eigenvalue weighted by Gasteiger charge is 2.31. The fourth-order valence-corrected chi connectivity index (χ4v) is 3.82. The van der Waals surface area contributed by atoms with Crippen molar-refractivity contribution in [2.75, 3.05) is 22.4 Å². The zero-order valence-electron chi connectivity index (χ0n) is 14.6. The van der Waals surface area contributed by atoms with Gasteiger partial charge in [-0.25, -0.2) is 8.42 Å².